The van der Waals surface area contributed by atoms with Crippen molar-refractivity contribution >= 4 is 16.1 Å². The lowest BCUT2D eigenvalue weighted by Gasteiger charge is -2.46. The molecule has 1 fully saturated rings. The molecule has 0 atom stereocenters. The molecule has 1 rings (SSSR count). The van der Waals surface area contributed by atoms with Crippen molar-refractivity contribution < 1.29 is 0 Å². The van der Waals surface area contributed by atoms with Crippen LogP contribution in [0.2, 0.25) is 31.9 Å². The van der Waals surface area contributed by atoms with E-state index in [2.05, 4.69) is 31.9 Å². The second kappa shape index (κ2) is 1.48. The summed E-state index contributed by atoms with van der Waals surface area (Å²) >= 11 is 0. The lowest BCUT2D eigenvalue weighted by molar-refractivity contribution is 1.45. The van der Waals surface area contributed by atoms with E-state index in [0.717, 1.165) is 0 Å². The Hall–Kier alpha value is 0.434. The van der Waals surface area contributed by atoms with Crippen LogP contribution in [0.4, 0.5) is 0 Å². The summed E-state index contributed by atoms with van der Waals surface area (Å²) in [5, 5.41) is 0. The van der Waals surface area contributed by atoms with Crippen molar-refractivity contribution in [3.05, 3.63) is 5.67 Å². The summed E-state index contributed by atoms with van der Waals surface area (Å²) in [6, 6.07) is 0. The molecule has 0 spiro atoms. The van der Waals surface area contributed by atoms with Crippen molar-refractivity contribution in [3.63, 3.8) is 0 Å². The molecule has 2 heteroatoms. The van der Waals surface area contributed by atoms with Crippen LogP contribution in [0.25, 0.3) is 0 Å². The number of hydrogen-bond donors (Lipinski definition) is 0. The first-order chi connectivity index (χ1) is 3.41. The van der Waals surface area contributed by atoms with Gasteiger partial charge in [0.15, 0.2) is 0 Å². The van der Waals surface area contributed by atoms with Gasteiger partial charge in [0.25, 0.3) is 0 Å². The van der Waals surface area contributed by atoms with Gasteiger partial charge < -0.3 is 0 Å². The predicted molar refractivity (Wildman–Crippen MR) is 44.1 cm³/mol. The van der Waals surface area contributed by atoms with Crippen LogP contribution in [0, 0.1) is 5.67 Å². The van der Waals surface area contributed by atoms with E-state index in [1.54, 1.807) is 5.67 Å². The summed E-state index contributed by atoms with van der Waals surface area (Å²) in [6.45, 7) is 9.85. The Labute approximate surface area is 54.3 Å². The van der Waals surface area contributed by atoms with Crippen LogP contribution < -0.4 is 0 Å². The SMILES string of the molecule is C[Si]1(C)[CH][Si](C)(C)C1. The Morgan fingerprint density at radius 1 is 1.00 bits per heavy atom. The Morgan fingerprint density at radius 2 is 1.25 bits per heavy atom. The van der Waals surface area contributed by atoms with Gasteiger partial charge in [-0.3, -0.25) is 0 Å². The van der Waals surface area contributed by atoms with Crippen LogP contribution in [0.3, 0.4) is 0 Å². The van der Waals surface area contributed by atoms with Gasteiger partial charge in [0.1, 0.15) is 0 Å². The van der Waals surface area contributed by atoms with Gasteiger partial charge >= 0.3 is 0 Å². The zero-order chi connectivity index (χ0) is 6.41. The molecule has 1 aliphatic rings. The highest BCUT2D eigenvalue weighted by Gasteiger charge is 2.45. The van der Waals surface area contributed by atoms with Crippen LogP contribution in [0.5, 0.6) is 0 Å². The molecule has 0 nitrogen and oxygen atoms in total. The van der Waals surface area contributed by atoms with Crippen molar-refractivity contribution in [1.29, 1.82) is 0 Å². The normalized spacial score (nSPS) is 31.5. The Bertz CT molecular complexity index is 83.1. The lowest BCUT2D eigenvalue weighted by Crippen LogP contribution is -2.57. The second-order valence-electron chi connectivity index (χ2n) is 4.30. The van der Waals surface area contributed by atoms with Gasteiger partial charge in [-0.2, -0.15) is 0 Å². The maximum atomic E-state index is 2.71. The predicted octanol–water partition coefficient (Wildman–Crippen LogP) is 2.24. The van der Waals surface area contributed by atoms with Crippen LogP contribution >= 0.6 is 0 Å². The van der Waals surface area contributed by atoms with E-state index in [0.29, 0.717) is 0 Å². The third-order valence-electron chi connectivity index (χ3n) is 1.69. The van der Waals surface area contributed by atoms with E-state index in [1.807, 2.05) is 0 Å². The molecule has 0 saturated carbocycles. The van der Waals surface area contributed by atoms with Crippen molar-refractivity contribution in [1.82, 2.24) is 0 Å². The molecule has 1 radical (unpaired) electrons. The molecule has 0 aromatic heterocycles. The van der Waals surface area contributed by atoms with E-state index in [1.165, 1.54) is 0 Å². The van der Waals surface area contributed by atoms with Gasteiger partial charge in [0.05, 0.1) is 0 Å². The molecule has 0 amide bonds. The first kappa shape index (κ1) is 6.55. The standard InChI is InChI=1S/C6H15Si2/c1-7(2)5-8(3,4)6-7/h5H,6H2,1-4H3. The minimum atomic E-state index is -0.649. The number of rotatable bonds is 0. The molecular weight excluding hydrogens is 128 g/mol. The van der Waals surface area contributed by atoms with E-state index in [9.17, 15) is 0 Å². The minimum absolute atomic E-state index is 0.649. The quantitative estimate of drug-likeness (QED) is 0.456. The highest BCUT2D eigenvalue weighted by Crippen LogP contribution is 2.36. The summed E-state index contributed by atoms with van der Waals surface area (Å²) in [5.41, 5.74) is 4.33. The highest BCUT2D eigenvalue weighted by atomic mass is 28.5. The molecule has 1 saturated heterocycles. The van der Waals surface area contributed by atoms with Crippen molar-refractivity contribution in [2.75, 3.05) is 0 Å². The first-order valence-electron chi connectivity index (χ1n) is 3.28. The van der Waals surface area contributed by atoms with Crippen LogP contribution in [-0.2, 0) is 0 Å². The van der Waals surface area contributed by atoms with Gasteiger partial charge in [-0.1, -0.05) is 37.5 Å². The molecule has 0 N–H and O–H groups in total. The third-order valence-corrected chi connectivity index (χ3v) is 15.2. The fourth-order valence-corrected chi connectivity index (χ4v) is 19.8. The molecule has 1 heterocycles. The van der Waals surface area contributed by atoms with Crippen LogP contribution in [0.1, 0.15) is 0 Å². The zero-order valence-corrected chi connectivity index (χ0v) is 8.28. The largest absolute Gasteiger partial charge is 0.0696 e. The topological polar surface area (TPSA) is 0 Å². The lowest BCUT2D eigenvalue weighted by atomic mass is 11.7. The van der Waals surface area contributed by atoms with Crippen molar-refractivity contribution in [3.8, 4) is 0 Å². The van der Waals surface area contributed by atoms with E-state index in [-0.39, 0.29) is 0 Å². The second-order valence-corrected chi connectivity index (χ2v) is 14.8. The molecule has 0 aliphatic carbocycles. The van der Waals surface area contributed by atoms with Gasteiger partial charge in [-0.05, 0) is 0 Å². The van der Waals surface area contributed by atoms with E-state index < -0.39 is 16.1 Å². The van der Waals surface area contributed by atoms with Gasteiger partial charge in [-0.25, -0.2) is 0 Å². The zero-order valence-electron chi connectivity index (χ0n) is 6.28. The van der Waals surface area contributed by atoms with Crippen LogP contribution in [0.15, 0.2) is 0 Å². The van der Waals surface area contributed by atoms with Crippen LogP contribution in [-0.4, -0.2) is 16.1 Å². The van der Waals surface area contributed by atoms with Gasteiger partial charge in [0, 0.05) is 16.1 Å². The fraction of sp³-hybridized carbons (Fsp3) is 0.833. The van der Waals surface area contributed by atoms with Gasteiger partial charge in [0.2, 0.25) is 0 Å². The summed E-state index contributed by atoms with van der Waals surface area (Å²) < 4.78 is 0. The maximum Gasteiger partial charge on any atom is 0.0449 e. The maximum absolute atomic E-state index is 2.71. The van der Waals surface area contributed by atoms with Crippen molar-refractivity contribution in [2.24, 2.45) is 0 Å². The number of hydrogen-bond acceptors (Lipinski definition) is 0. The fourth-order valence-electron chi connectivity index (χ4n) is 2.20. The average Bonchev–Trinajstić information content (AvgIpc) is 1.20. The van der Waals surface area contributed by atoms with E-state index >= 15 is 0 Å². The first-order valence-corrected chi connectivity index (χ1v) is 9.85. The summed E-state index contributed by atoms with van der Waals surface area (Å²) in [6.07, 6.45) is 0. The molecule has 0 aromatic carbocycles. The van der Waals surface area contributed by atoms with Gasteiger partial charge in [-0.15, -0.1) is 0 Å². The van der Waals surface area contributed by atoms with Crippen molar-refractivity contribution in [2.45, 2.75) is 31.9 Å². The Kier molecular flexibility index (Phi) is 1.21. The summed E-state index contributed by atoms with van der Waals surface area (Å²) in [5.74, 6) is 0. The summed E-state index contributed by atoms with van der Waals surface area (Å²) in [7, 11) is -1.30. The Balaban J connectivity index is 2.42. The molecule has 0 unspecified atom stereocenters. The molecule has 8 heavy (non-hydrogen) atoms. The molecule has 47 valence electrons. The monoisotopic (exact) mass is 143 g/mol. The minimum Gasteiger partial charge on any atom is -0.0696 e. The molecule has 0 bridgehead atoms. The highest BCUT2D eigenvalue weighted by molar-refractivity contribution is 7.16. The molecular formula is C6H15Si2. The summed E-state index contributed by atoms with van der Waals surface area (Å²) in [4.78, 5) is 0. The Morgan fingerprint density at radius 3 is 1.25 bits per heavy atom. The molecule has 0 aromatic rings. The third kappa shape index (κ3) is 1.23. The average molecular weight is 143 g/mol. The molecule has 1 aliphatic heterocycles. The van der Waals surface area contributed by atoms with E-state index in [4.69, 9.17) is 0 Å². The smallest absolute Gasteiger partial charge is 0.0449 e.